The van der Waals surface area contributed by atoms with Crippen molar-refractivity contribution < 1.29 is 0 Å². The first-order chi connectivity index (χ1) is 10.3. The molecule has 1 unspecified atom stereocenters. The van der Waals surface area contributed by atoms with Crippen LogP contribution in [0, 0.1) is 0 Å². The van der Waals surface area contributed by atoms with Gasteiger partial charge in [0, 0.05) is 24.8 Å². The van der Waals surface area contributed by atoms with Gasteiger partial charge in [0.2, 0.25) is 0 Å². The van der Waals surface area contributed by atoms with Crippen molar-refractivity contribution in [2.75, 3.05) is 31.5 Å². The molecule has 3 nitrogen and oxygen atoms in total. The van der Waals surface area contributed by atoms with Crippen LogP contribution in [0.2, 0.25) is 0 Å². The van der Waals surface area contributed by atoms with Crippen LogP contribution in [0.5, 0.6) is 0 Å². The lowest BCUT2D eigenvalue weighted by atomic mass is 10.0. The van der Waals surface area contributed by atoms with Crippen LogP contribution in [0.4, 0.5) is 5.69 Å². The SMILES string of the molecule is CC1CCCCN1CCCNCc1cccc2c1NCC2. The molecule has 1 atom stereocenters. The number of likely N-dealkylation sites (tertiary alicyclic amines) is 1. The zero-order valence-corrected chi connectivity index (χ0v) is 13.3. The van der Waals surface area contributed by atoms with E-state index in [1.165, 1.54) is 62.0 Å². The zero-order valence-electron chi connectivity index (χ0n) is 13.3. The molecule has 0 bridgehead atoms. The highest BCUT2D eigenvalue weighted by molar-refractivity contribution is 5.61. The molecule has 3 heteroatoms. The van der Waals surface area contributed by atoms with Crippen LogP contribution >= 0.6 is 0 Å². The summed E-state index contributed by atoms with van der Waals surface area (Å²) < 4.78 is 0. The maximum absolute atomic E-state index is 3.62. The molecule has 2 N–H and O–H groups in total. The lowest BCUT2D eigenvalue weighted by molar-refractivity contribution is 0.159. The molecule has 0 radical (unpaired) electrons. The van der Waals surface area contributed by atoms with E-state index in [4.69, 9.17) is 0 Å². The Morgan fingerprint density at radius 2 is 2.29 bits per heavy atom. The molecule has 1 fully saturated rings. The van der Waals surface area contributed by atoms with Gasteiger partial charge >= 0.3 is 0 Å². The quantitative estimate of drug-likeness (QED) is 0.788. The summed E-state index contributed by atoms with van der Waals surface area (Å²) in [5.41, 5.74) is 4.29. The van der Waals surface area contributed by atoms with Gasteiger partial charge in [0.25, 0.3) is 0 Å². The molecule has 0 aliphatic carbocycles. The first-order valence-corrected chi connectivity index (χ1v) is 8.64. The number of hydrogen-bond donors (Lipinski definition) is 2. The van der Waals surface area contributed by atoms with Crippen molar-refractivity contribution in [3.05, 3.63) is 29.3 Å². The van der Waals surface area contributed by atoms with Gasteiger partial charge in [0.15, 0.2) is 0 Å². The van der Waals surface area contributed by atoms with Crippen LogP contribution in [0.15, 0.2) is 18.2 Å². The Hall–Kier alpha value is -1.06. The molecule has 2 heterocycles. The molecule has 0 amide bonds. The largest absolute Gasteiger partial charge is 0.384 e. The summed E-state index contributed by atoms with van der Waals surface area (Å²) in [6, 6.07) is 7.48. The van der Waals surface area contributed by atoms with E-state index in [9.17, 15) is 0 Å². The van der Waals surface area contributed by atoms with Crippen molar-refractivity contribution in [3.8, 4) is 0 Å². The summed E-state index contributed by atoms with van der Waals surface area (Å²) >= 11 is 0. The van der Waals surface area contributed by atoms with Gasteiger partial charge in [0.05, 0.1) is 0 Å². The van der Waals surface area contributed by atoms with Gasteiger partial charge in [0.1, 0.15) is 0 Å². The van der Waals surface area contributed by atoms with Crippen LogP contribution in [0.1, 0.15) is 43.7 Å². The minimum absolute atomic E-state index is 0.792. The number of hydrogen-bond acceptors (Lipinski definition) is 3. The summed E-state index contributed by atoms with van der Waals surface area (Å²) in [6.07, 6.45) is 6.62. The van der Waals surface area contributed by atoms with Crippen molar-refractivity contribution in [2.45, 2.75) is 51.6 Å². The minimum Gasteiger partial charge on any atom is -0.384 e. The van der Waals surface area contributed by atoms with Crippen molar-refractivity contribution >= 4 is 5.69 Å². The third kappa shape index (κ3) is 3.78. The van der Waals surface area contributed by atoms with E-state index < -0.39 is 0 Å². The molecule has 0 aromatic heterocycles. The van der Waals surface area contributed by atoms with Crippen LogP contribution in [-0.4, -0.2) is 37.1 Å². The fraction of sp³-hybridized carbons (Fsp3) is 0.667. The number of nitrogens with one attached hydrogen (secondary N) is 2. The highest BCUT2D eigenvalue weighted by Crippen LogP contribution is 2.26. The number of benzene rings is 1. The van der Waals surface area contributed by atoms with Gasteiger partial charge < -0.3 is 15.5 Å². The second-order valence-electron chi connectivity index (χ2n) is 6.54. The molecule has 0 spiro atoms. The second-order valence-corrected chi connectivity index (χ2v) is 6.54. The molecule has 2 aliphatic heterocycles. The maximum atomic E-state index is 3.62. The topological polar surface area (TPSA) is 27.3 Å². The highest BCUT2D eigenvalue weighted by Gasteiger charge is 2.17. The fourth-order valence-corrected chi connectivity index (χ4v) is 3.68. The summed E-state index contributed by atoms with van der Waals surface area (Å²) in [6.45, 7) is 8.14. The predicted molar refractivity (Wildman–Crippen MR) is 89.8 cm³/mol. The van der Waals surface area contributed by atoms with E-state index in [2.05, 4.69) is 40.7 Å². The Balaban J connectivity index is 1.38. The van der Waals surface area contributed by atoms with Gasteiger partial charge in [-0.15, -0.1) is 0 Å². The normalized spacial score (nSPS) is 22.0. The van der Waals surface area contributed by atoms with Crippen LogP contribution in [-0.2, 0) is 13.0 Å². The van der Waals surface area contributed by atoms with E-state index >= 15 is 0 Å². The van der Waals surface area contributed by atoms with Gasteiger partial charge in [-0.2, -0.15) is 0 Å². The second kappa shape index (κ2) is 7.28. The Morgan fingerprint density at radius 3 is 3.19 bits per heavy atom. The molecular weight excluding hydrogens is 258 g/mol. The number of piperidine rings is 1. The molecule has 0 saturated carbocycles. The molecular formula is C18H29N3. The Bertz CT molecular complexity index is 458. The molecule has 3 rings (SSSR count). The molecule has 1 aromatic rings. The van der Waals surface area contributed by atoms with Crippen molar-refractivity contribution in [3.63, 3.8) is 0 Å². The molecule has 2 aliphatic rings. The Labute approximate surface area is 129 Å². The predicted octanol–water partition coefficient (Wildman–Crippen LogP) is 3.01. The van der Waals surface area contributed by atoms with Crippen LogP contribution < -0.4 is 10.6 Å². The van der Waals surface area contributed by atoms with Gasteiger partial charge in [-0.05, 0) is 63.4 Å². The third-order valence-electron chi connectivity index (χ3n) is 4.99. The smallest absolute Gasteiger partial charge is 0.0419 e. The number of fused-ring (bicyclic) bond motifs is 1. The summed E-state index contributed by atoms with van der Waals surface area (Å²) in [5.74, 6) is 0. The number of rotatable bonds is 6. The number of anilines is 1. The Morgan fingerprint density at radius 1 is 1.33 bits per heavy atom. The highest BCUT2D eigenvalue weighted by atomic mass is 15.2. The maximum Gasteiger partial charge on any atom is 0.0419 e. The molecule has 1 aromatic carbocycles. The standard InChI is InChI=1S/C18H29N3/c1-15-6-2-3-12-21(15)13-5-10-19-14-17-8-4-7-16-9-11-20-18(16)17/h4,7-8,15,19-20H,2-3,5-6,9-14H2,1H3. The first kappa shape index (κ1) is 14.9. The monoisotopic (exact) mass is 287 g/mol. The summed E-state index contributed by atoms with van der Waals surface area (Å²) in [5, 5.41) is 7.14. The van der Waals surface area contributed by atoms with Crippen molar-refractivity contribution in [2.24, 2.45) is 0 Å². The van der Waals surface area contributed by atoms with E-state index in [1.807, 2.05) is 0 Å². The molecule has 1 saturated heterocycles. The zero-order chi connectivity index (χ0) is 14.5. The van der Waals surface area contributed by atoms with E-state index in [-0.39, 0.29) is 0 Å². The average Bonchev–Trinajstić information content (AvgIpc) is 2.98. The Kier molecular flexibility index (Phi) is 5.15. The molecule has 116 valence electrons. The van der Waals surface area contributed by atoms with Crippen LogP contribution in [0.3, 0.4) is 0 Å². The van der Waals surface area contributed by atoms with Crippen LogP contribution in [0.25, 0.3) is 0 Å². The summed E-state index contributed by atoms with van der Waals surface area (Å²) in [7, 11) is 0. The van der Waals surface area contributed by atoms with E-state index in [1.54, 1.807) is 0 Å². The van der Waals surface area contributed by atoms with Gasteiger partial charge in [-0.25, -0.2) is 0 Å². The minimum atomic E-state index is 0.792. The fourth-order valence-electron chi connectivity index (χ4n) is 3.68. The lowest BCUT2D eigenvalue weighted by Gasteiger charge is -2.33. The van der Waals surface area contributed by atoms with Gasteiger partial charge in [-0.1, -0.05) is 24.6 Å². The van der Waals surface area contributed by atoms with E-state index in [0.717, 1.165) is 25.7 Å². The number of nitrogens with zero attached hydrogens (tertiary/aromatic N) is 1. The lowest BCUT2D eigenvalue weighted by Crippen LogP contribution is -2.38. The van der Waals surface area contributed by atoms with Crippen molar-refractivity contribution in [1.82, 2.24) is 10.2 Å². The summed E-state index contributed by atoms with van der Waals surface area (Å²) in [4.78, 5) is 2.66. The molecule has 21 heavy (non-hydrogen) atoms. The first-order valence-electron chi connectivity index (χ1n) is 8.64. The van der Waals surface area contributed by atoms with E-state index in [0.29, 0.717) is 0 Å². The average molecular weight is 287 g/mol. The van der Waals surface area contributed by atoms with Gasteiger partial charge in [-0.3, -0.25) is 0 Å². The third-order valence-corrected chi connectivity index (χ3v) is 4.99. The van der Waals surface area contributed by atoms with Crippen molar-refractivity contribution in [1.29, 1.82) is 0 Å². The number of para-hydroxylation sites is 1.